The Hall–Kier alpha value is -2.02. The molecule has 90 valence electrons. The van der Waals surface area contributed by atoms with E-state index in [-0.39, 0.29) is 0 Å². The Morgan fingerprint density at radius 2 is 1.83 bits per heavy atom. The highest BCUT2D eigenvalue weighted by Crippen LogP contribution is 2.33. The van der Waals surface area contributed by atoms with E-state index in [1.54, 1.807) is 0 Å². The maximum atomic E-state index is 5.82. The number of fused-ring (bicyclic) bond motifs is 1. The molecule has 0 aliphatic heterocycles. The number of hydrogen-bond acceptors (Lipinski definition) is 1. The standard InChI is InChI=1S/C17H17N/c18-16-10-11-17-14(8-9-15(17)12-16)7-6-13-4-2-1-3-5-13/h1-5,7,10-12H,6,8-9,18H2/b14-7+. The van der Waals surface area contributed by atoms with E-state index in [0.717, 1.165) is 24.9 Å². The van der Waals surface area contributed by atoms with Crippen LogP contribution < -0.4 is 5.73 Å². The second kappa shape index (κ2) is 4.69. The Labute approximate surface area is 108 Å². The molecule has 0 saturated heterocycles. The van der Waals surface area contributed by atoms with Crippen molar-refractivity contribution in [2.75, 3.05) is 5.73 Å². The van der Waals surface area contributed by atoms with Gasteiger partial charge in [0.15, 0.2) is 0 Å². The molecule has 18 heavy (non-hydrogen) atoms. The lowest BCUT2D eigenvalue weighted by Crippen LogP contribution is -1.88. The van der Waals surface area contributed by atoms with Crippen molar-refractivity contribution in [2.24, 2.45) is 0 Å². The fourth-order valence-corrected chi connectivity index (χ4v) is 2.60. The average Bonchev–Trinajstić information content (AvgIpc) is 2.80. The quantitative estimate of drug-likeness (QED) is 0.786. The number of aryl methyl sites for hydroxylation is 1. The number of benzene rings is 2. The molecular formula is C17H17N. The van der Waals surface area contributed by atoms with E-state index in [1.807, 2.05) is 6.07 Å². The van der Waals surface area contributed by atoms with Gasteiger partial charge in [-0.3, -0.25) is 0 Å². The number of nitrogens with two attached hydrogens (primary N) is 1. The molecule has 2 aromatic carbocycles. The van der Waals surface area contributed by atoms with Crippen LogP contribution in [0.1, 0.15) is 23.1 Å². The van der Waals surface area contributed by atoms with Crippen LogP contribution in [0.15, 0.2) is 54.6 Å². The topological polar surface area (TPSA) is 26.0 Å². The third kappa shape index (κ3) is 2.17. The van der Waals surface area contributed by atoms with E-state index in [9.17, 15) is 0 Å². The fraction of sp³-hybridized carbons (Fsp3) is 0.176. The van der Waals surface area contributed by atoms with Crippen molar-refractivity contribution in [1.29, 1.82) is 0 Å². The summed E-state index contributed by atoms with van der Waals surface area (Å²) in [6, 6.07) is 16.9. The first-order valence-electron chi connectivity index (χ1n) is 6.44. The van der Waals surface area contributed by atoms with Gasteiger partial charge in [-0.1, -0.05) is 42.5 Å². The summed E-state index contributed by atoms with van der Waals surface area (Å²) in [7, 11) is 0. The first-order valence-corrected chi connectivity index (χ1v) is 6.44. The SMILES string of the molecule is Nc1ccc2c(c1)CC/C2=C\Cc1ccccc1. The lowest BCUT2D eigenvalue weighted by molar-refractivity contribution is 1.08. The molecule has 1 nitrogen and oxygen atoms in total. The molecule has 0 aromatic heterocycles. The van der Waals surface area contributed by atoms with Crippen LogP contribution in [-0.2, 0) is 12.8 Å². The van der Waals surface area contributed by atoms with E-state index in [4.69, 9.17) is 5.73 Å². The maximum absolute atomic E-state index is 5.82. The summed E-state index contributed by atoms with van der Waals surface area (Å²) >= 11 is 0. The van der Waals surface area contributed by atoms with Gasteiger partial charge in [0.05, 0.1) is 0 Å². The highest BCUT2D eigenvalue weighted by Gasteiger charge is 2.15. The van der Waals surface area contributed by atoms with Crippen molar-refractivity contribution >= 4 is 11.3 Å². The van der Waals surface area contributed by atoms with Crippen molar-refractivity contribution in [3.8, 4) is 0 Å². The van der Waals surface area contributed by atoms with E-state index in [0.29, 0.717) is 0 Å². The predicted molar refractivity (Wildman–Crippen MR) is 77.3 cm³/mol. The summed E-state index contributed by atoms with van der Waals surface area (Å²) in [6.45, 7) is 0. The molecule has 2 aromatic rings. The first kappa shape index (κ1) is 11.1. The zero-order chi connectivity index (χ0) is 12.4. The van der Waals surface area contributed by atoms with Crippen LogP contribution >= 0.6 is 0 Å². The third-order valence-corrected chi connectivity index (χ3v) is 3.57. The Balaban J connectivity index is 1.84. The van der Waals surface area contributed by atoms with Crippen molar-refractivity contribution in [2.45, 2.75) is 19.3 Å². The molecule has 0 saturated carbocycles. The predicted octanol–water partition coefficient (Wildman–Crippen LogP) is 3.84. The van der Waals surface area contributed by atoms with Gasteiger partial charge >= 0.3 is 0 Å². The van der Waals surface area contributed by atoms with Crippen LogP contribution in [0, 0.1) is 0 Å². The van der Waals surface area contributed by atoms with Crippen molar-refractivity contribution in [3.63, 3.8) is 0 Å². The highest BCUT2D eigenvalue weighted by molar-refractivity contribution is 5.74. The number of nitrogen functional groups attached to an aromatic ring is 1. The maximum Gasteiger partial charge on any atom is 0.0317 e. The third-order valence-electron chi connectivity index (χ3n) is 3.57. The lowest BCUT2D eigenvalue weighted by Gasteiger charge is -2.02. The molecule has 0 atom stereocenters. The Kier molecular flexibility index (Phi) is 2.89. The van der Waals surface area contributed by atoms with E-state index >= 15 is 0 Å². The normalized spacial score (nSPS) is 15.9. The smallest absolute Gasteiger partial charge is 0.0317 e. The summed E-state index contributed by atoms with van der Waals surface area (Å²) in [5.74, 6) is 0. The summed E-state index contributed by atoms with van der Waals surface area (Å²) < 4.78 is 0. The molecule has 0 bridgehead atoms. The van der Waals surface area contributed by atoms with Gasteiger partial charge in [-0.15, -0.1) is 0 Å². The minimum absolute atomic E-state index is 0.873. The second-order valence-corrected chi connectivity index (χ2v) is 4.84. The van der Waals surface area contributed by atoms with E-state index in [2.05, 4.69) is 48.5 Å². The Morgan fingerprint density at radius 1 is 1.00 bits per heavy atom. The zero-order valence-electron chi connectivity index (χ0n) is 10.4. The molecule has 2 N–H and O–H groups in total. The molecule has 1 aliphatic rings. The van der Waals surface area contributed by atoms with E-state index < -0.39 is 0 Å². The monoisotopic (exact) mass is 235 g/mol. The zero-order valence-corrected chi connectivity index (χ0v) is 10.4. The lowest BCUT2D eigenvalue weighted by atomic mass is 10.0. The minimum atomic E-state index is 0.873. The van der Waals surface area contributed by atoms with Crippen LogP contribution in [0.25, 0.3) is 5.57 Å². The van der Waals surface area contributed by atoms with Crippen molar-refractivity contribution in [3.05, 3.63) is 71.3 Å². The molecule has 3 rings (SSSR count). The van der Waals surface area contributed by atoms with Crippen molar-refractivity contribution < 1.29 is 0 Å². The van der Waals surface area contributed by atoms with E-state index in [1.165, 1.54) is 22.3 Å². The summed E-state index contributed by atoms with van der Waals surface area (Å²) in [5, 5.41) is 0. The highest BCUT2D eigenvalue weighted by atomic mass is 14.5. The molecule has 1 heteroatoms. The Bertz CT molecular complexity index is 582. The molecule has 0 radical (unpaired) electrons. The molecule has 0 unspecified atom stereocenters. The molecule has 0 spiro atoms. The van der Waals surface area contributed by atoms with Gasteiger partial charge < -0.3 is 5.73 Å². The molecule has 0 fully saturated rings. The van der Waals surface area contributed by atoms with Gasteiger partial charge in [-0.05, 0) is 53.7 Å². The molecular weight excluding hydrogens is 218 g/mol. The van der Waals surface area contributed by atoms with Crippen LogP contribution in [0.5, 0.6) is 0 Å². The fourth-order valence-electron chi connectivity index (χ4n) is 2.60. The van der Waals surface area contributed by atoms with Crippen LogP contribution in [-0.4, -0.2) is 0 Å². The molecule has 0 amide bonds. The van der Waals surface area contributed by atoms with Gasteiger partial charge in [-0.25, -0.2) is 0 Å². The summed E-state index contributed by atoms with van der Waals surface area (Å²) in [4.78, 5) is 0. The summed E-state index contributed by atoms with van der Waals surface area (Å²) in [6.07, 6.45) is 5.64. The molecule has 0 heterocycles. The van der Waals surface area contributed by atoms with Gasteiger partial charge in [0.2, 0.25) is 0 Å². The molecule has 1 aliphatic carbocycles. The van der Waals surface area contributed by atoms with Gasteiger partial charge in [0.1, 0.15) is 0 Å². The van der Waals surface area contributed by atoms with Crippen LogP contribution in [0.3, 0.4) is 0 Å². The number of allylic oxidation sites excluding steroid dienone is 2. The number of anilines is 1. The minimum Gasteiger partial charge on any atom is -0.399 e. The second-order valence-electron chi connectivity index (χ2n) is 4.84. The number of rotatable bonds is 2. The van der Waals surface area contributed by atoms with Gasteiger partial charge in [0, 0.05) is 5.69 Å². The Morgan fingerprint density at radius 3 is 2.67 bits per heavy atom. The van der Waals surface area contributed by atoms with Crippen LogP contribution in [0.4, 0.5) is 5.69 Å². The van der Waals surface area contributed by atoms with Crippen LogP contribution in [0.2, 0.25) is 0 Å². The average molecular weight is 235 g/mol. The number of hydrogen-bond donors (Lipinski definition) is 1. The van der Waals surface area contributed by atoms with Gasteiger partial charge in [0.25, 0.3) is 0 Å². The van der Waals surface area contributed by atoms with Crippen molar-refractivity contribution in [1.82, 2.24) is 0 Å². The summed E-state index contributed by atoms with van der Waals surface area (Å²) in [5.41, 5.74) is 12.3. The largest absolute Gasteiger partial charge is 0.399 e. The first-order chi connectivity index (χ1) is 8.83. The van der Waals surface area contributed by atoms with Gasteiger partial charge in [-0.2, -0.15) is 0 Å².